The van der Waals surface area contributed by atoms with Gasteiger partial charge in [0.1, 0.15) is 11.4 Å². The lowest BCUT2D eigenvalue weighted by Crippen LogP contribution is -2.46. The van der Waals surface area contributed by atoms with Gasteiger partial charge in [-0.15, -0.1) is 0 Å². The maximum Gasteiger partial charge on any atom is 0.422 e. The summed E-state index contributed by atoms with van der Waals surface area (Å²) in [6, 6.07) is 2.87. The molecule has 1 atom stereocenters. The van der Waals surface area contributed by atoms with Crippen molar-refractivity contribution < 1.29 is 31.8 Å². The van der Waals surface area contributed by atoms with Gasteiger partial charge in [0.2, 0.25) is 0 Å². The van der Waals surface area contributed by atoms with Crippen LogP contribution in [0.1, 0.15) is 47.2 Å². The van der Waals surface area contributed by atoms with Crippen molar-refractivity contribution in [1.29, 1.82) is 0 Å². The summed E-state index contributed by atoms with van der Waals surface area (Å²) < 4.78 is 62.6. The number of amides is 1. The molecular weight excluding hydrogens is 420 g/mol. The molecule has 1 saturated carbocycles. The number of rotatable bonds is 7. The van der Waals surface area contributed by atoms with Crippen molar-refractivity contribution in [3.63, 3.8) is 0 Å². The molecule has 0 spiro atoms. The van der Waals surface area contributed by atoms with E-state index < -0.39 is 29.9 Å². The molecule has 0 bridgehead atoms. The van der Waals surface area contributed by atoms with Gasteiger partial charge in [-0.2, -0.15) is 18.3 Å². The Bertz CT molecular complexity index is 985. The van der Waals surface area contributed by atoms with E-state index >= 15 is 0 Å². The quantitative estimate of drug-likeness (QED) is 0.643. The predicted octanol–water partition coefficient (Wildman–Crippen LogP) is 3.30. The minimum Gasteiger partial charge on any atom is -0.484 e. The van der Waals surface area contributed by atoms with Gasteiger partial charge in [0.25, 0.3) is 5.91 Å². The standard InChI is InChI=1S/C20H22F4N4O3/c1-11-5-16(28-27-11)18(2,12-3-4-12)26-17(29)14-6-15(31-10-20(22,23)24)13(7-25-14)19(21)8-30-9-19/h5-7,12H,3-4,8-10H2,1-2H3,(H,26,29)(H,27,28)/t18-/m0/s1. The Balaban J connectivity index is 1.61. The van der Waals surface area contributed by atoms with Gasteiger partial charge in [-0.1, -0.05) is 0 Å². The minimum atomic E-state index is -4.62. The molecule has 2 aromatic heterocycles. The highest BCUT2D eigenvalue weighted by Gasteiger charge is 2.47. The topological polar surface area (TPSA) is 89.1 Å². The zero-order valence-corrected chi connectivity index (χ0v) is 17.0. The highest BCUT2D eigenvalue weighted by Crippen LogP contribution is 2.45. The van der Waals surface area contributed by atoms with Gasteiger partial charge in [0.05, 0.1) is 30.0 Å². The lowest BCUT2D eigenvalue weighted by Gasteiger charge is -2.35. The Kier molecular flexibility index (Phi) is 5.19. The first kappa shape index (κ1) is 21.5. The summed E-state index contributed by atoms with van der Waals surface area (Å²) in [5, 5.41) is 10.0. The maximum atomic E-state index is 14.8. The Morgan fingerprint density at radius 2 is 2.06 bits per heavy atom. The van der Waals surface area contributed by atoms with Gasteiger partial charge >= 0.3 is 6.18 Å². The molecule has 3 heterocycles. The molecule has 0 radical (unpaired) electrons. The number of ether oxygens (including phenoxy) is 2. The van der Waals surface area contributed by atoms with Crippen molar-refractivity contribution in [2.24, 2.45) is 5.92 Å². The molecule has 0 unspecified atom stereocenters. The molecule has 7 nitrogen and oxygen atoms in total. The fourth-order valence-corrected chi connectivity index (χ4v) is 3.63. The molecule has 1 amide bonds. The van der Waals surface area contributed by atoms with E-state index in [0.29, 0.717) is 5.69 Å². The van der Waals surface area contributed by atoms with E-state index in [2.05, 4.69) is 20.5 Å². The van der Waals surface area contributed by atoms with Crippen molar-refractivity contribution in [3.05, 3.63) is 41.0 Å². The second-order valence-electron chi connectivity index (χ2n) is 8.29. The zero-order valence-electron chi connectivity index (χ0n) is 17.0. The van der Waals surface area contributed by atoms with Crippen molar-refractivity contribution >= 4 is 5.91 Å². The molecule has 4 rings (SSSR count). The monoisotopic (exact) mass is 442 g/mol. The predicted molar refractivity (Wildman–Crippen MR) is 100 cm³/mol. The average Bonchev–Trinajstić information content (AvgIpc) is 3.45. The Hall–Kier alpha value is -2.69. The third-order valence-electron chi connectivity index (χ3n) is 5.64. The molecule has 2 fully saturated rings. The molecule has 168 valence electrons. The molecule has 1 saturated heterocycles. The SMILES string of the molecule is Cc1cc([C@@](C)(NC(=O)c2cc(OCC(F)(F)F)c(C3(F)COC3)cn2)C2CC2)n[nH]1. The summed E-state index contributed by atoms with van der Waals surface area (Å²) in [7, 11) is 0. The molecule has 1 aliphatic heterocycles. The first-order valence-electron chi connectivity index (χ1n) is 9.82. The summed E-state index contributed by atoms with van der Waals surface area (Å²) in [4.78, 5) is 17.0. The fraction of sp³-hybridized carbons (Fsp3) is 0.550. The second kappa shape index (κ2) is 7.47. The second-order valence-corrected chi connectivity index (χ2v) is 8.29. The molecule has 11 heteroatoms. The number of pyridine rings is 1. The number of H-pyrrole nitrogens is 1. The number of aryl methyl sites for hydroxylation is 1. The van der Waals surface area contributed by atoms with Crippen LogP contribution in [-0.4, -0.2) is 47.1 Å². The molecule has 31 heavy (non-hydrogen) atoms. The fourth-order valence-electron chi connectivity index (χ4n) is 3.63. The Labute approximate surface area is 175 Å². The number of halogens is 4. The zero-order chi connectivity index (χ0) is 22.4. The number of alkyl halides is 4. The first-order chi connectivity index (χ1) is 14.5. The molecular formula is C20H22F4N4O3. The van der Waals surface area contributed by atoms with Crippen LogP contribution < -0.4 is 10.1 Å². The number of aromatic nitrogens is 3. The van der Waals surface area contributed by atoms with Crippen LogP contribution in [0.4, 0.5) is 17.6 Å². The van der Waals surface area contributed by atoms with E-state index in [0.717, 1.165) is 30.8 Å². The normalized spacial score (nSPS) is 19.9. The van der Waals surface area contributed by atoms with Gasteiger partial charge in [-0.25, -0.2) is 4.39 Å². The lowest BCUT2D eigenvalue weighted by atomic mass is 9.91. The highest BCUT2D eigenvalue weighted by atomic mass is 19.4. The van der Waals surface area contributed by atoms with Crippen molar-refractivity contribution in [1.82, 2.24) is 20.5 Å². The minimum absolute atomic E-state index is 0.167. The number of hydrogen-bond donors (Lipinski definition) is 2. The van der Waals surface area contributed by atoms with Crippen LogP contribution in [-0.2, 0) is 15.9 Å². The van der Waals surface area contributed by atoms with Crippen molar-refractivity contribution in [3.8, 4) is 5.75 Å². The summed E-state index contributed by atoms with van der Waals surface area (Å²) >= 11 is 0. The largest absolute Gasteiger partial charge is 0.484 e. The number of carbonyl (C=O) groups is 1. The smallest absolute Gasteiger partial charge is 0.422 e. The number of aromatic amines is 1. The van der Waals surface area contributed by atoms with E-state index in [-0.39, 0.29) is 36.1 Å². The van der Waals surface area contributed by atoms with Crippen LogP contribution in [0, 0.1) is 12.8 Å². The van der Waals surface area contributed by atoms with Gasteiger partial charge in [-0.05, 0) is 38.7 Å². The first-order valence-corrected chi connectivity index (χ1v) is 9.82. The van der Waals surface area contributed by atoms with Gasteiger partial charge in [0.15, 0.2) is 12.3 Å². The van der Waals surface area contributed by atoms with Crippen molar-refractivity contribution in [2.75, 3.05) is 19.8 Å². The summed E-state index contributed by atoms with van der Waals surface area (Å²) in [5.74, 6) is -0.830. The molecule has 2 N–H and O–H groups in total. The Morgan fingerprint density at radius 1 is 1.35 bits per heavy atom. The Morgan fingerprint density at radius 3 is 2.58 bits per heavy atom. The van der Waals surface area contributed by atoms with Crippen LogP contribution in [0.5, 0.6) is 5.75 Å². The number of nitrogens with zero attached hydrogens (tertiary/aromatic N) is 2. The lowest BCUT2D eigenvalue weighted by molar-refractivity contribution is -0.156. The summed E-state index contributed by atoms with van der Waals surface area (Å²) in [6.07, 6.45) is -1.78. The van der Waals surface area contributed by atoms with E-state index in [4.69, 9.17) is 9.47 Å². The van der Waals surface area contributed by atoms with Gasteiger partial charge in [0, 0.05) is 18.0 Å². The van der Waals surface area contributed by atoms with Crippen LogP contribution in [0.15, 0.2) is 18.3 Å². The van der Waals surface area contributed by atoms with Gasteiger partial charge in [-0.3, -0.25) is 14.9 Å². The average molecular weight is 442 g/mol. The van der Waals surface area contributed by atoms with Crippen LogP contribution in [0.2, 0.25) is 0 Å². The van der Waals surface area contributed by atoms with E-state index in [9.17, 15) is 22.4 Å². The third kappa shape index (κ3) is 4.36. The molecule has 1 aliphatic carbocycles. The van der Waals surface area contributed by atoms with Crippen molar-refractivity contribution in [2.45, 2.75) is 44.1 Å². The van der Waals surface area contributed by atoms with Crippen LogP contribution in [0.25, 0.3) is 0 Å². The highest BCUT2D eigenvalue weighted by molar-refractivity contribution is 5.93. The molecule has 2 aliphatic rings. The molecule has 0 aromatic carbocycles. The summed E-state index contributed by atoms with van der Waals surface area (Å²) in [5.41, 5.74) is -1.65. The molecule has 2 aromatic rings. The van der Waals surface area contributed by atoms with Crippen LogP contribution >= 0.6 is 0 Å². The maximum absolute atomic E-state index is 14.8. The summed E-state index contributed by atoms with van der Waals surface area (Å²) in [6.45, 7) is 1.43. The van der Waals surface area contributed by atoms with E-state index in [1.54, 1.807) is 0 Å². The van der Waals surface area contributed by atoms with Crippen LogP contribution in [0.3, 0.4) is 0 Å². The number of nitrogens with one attached hydrogen (secondary N) is 2. The number of hydrogen-bond acceptors (Lipinski definition) is 5. The van der Waals surface area contributed by atoms with Gasteiger partial charge < -0.3 is 14.8 Å². The third-order valence-corrected chi connectivity index (χ3v) is 5.64. The van der Waals surface area contributed by atoms with E-state index in [1.165, 1.54) is 0 Å². The number of carbonyl (C=O) groups excluding carboxylic acids is 1. The van der Waals surface area contributed by atoms with E-state index in [1.807, 2.05) is 19.9 Å².